The summed E-state index contributed by atoms with van der Waals surface area (Å²) >= 11 is 0. The zero-order valence-electron chi connectivity index (χ0n) is 86.0. The summed E-state index contributed by atoms with van der Waals surface area (Å²) in [5.74, 6) is 0. The molecular weight excluding hydrogens is 1410 g/mol. The van der Waals surface area contributed by atoms with Gasteiger partial charge in [-0.1, -0.05) is 357 Å². The number of benzene rings is 4. The predicted octanol–water partition coefficient (Wildman–Crippen LogP) is 30.9. The SMILES string of the molecule is CC.CC.CC.CC.CC.CC.CC.CC.CC.Cc1ccccc1-c1c2c(cc[n+]1C)C1(C)C(C)(C)C(C)(C)C2(C)C1(C)C.Cc1ccccc1-c1c2c(cc[n+]1C)CCCC2.Cc1ccccc1-c1cc2c(c[n+]1C)C1(C)C(C)(C)C(C)(C)C2(C)C1(C)C.Cc1ccccc1-c1ccc2c([n+]1C)C1(C)C(C)(C)C(C)(C)C2(C)C1(C)C. The van der Waals surface area contributed by atoms with Gasteiger partial charge in [0.2, 0.25) is 22.8 Å². The molecule has 0 N–H and O–H groups in total. The number of nitrogens with zero attached hydrogens (tertiary/aromatic N) is 4. The van der Waals surface area contributed by atoms with Crippen LogP contribution in [0.4, 0.5) is 0 Å². The van der Waals surface area contributed by atoms with Crippen molar-refractivity contribution in [3.63, 3.8) is 0 Å². The minimum Gasteiger partial charge on any atom is -0.201 e. The van der Waals surface area contributed by atoms with E-state index in [0.717, 1.165) is 0 Å². The van der Waals surface area contributed by atoms with E-state index in [1.165, 1.54) is 93.0 Å². The summed E-state index contributed by atoms with van der Waals surface area (Å²) in [5, 5.41) is 0. The van der Waals surface area contributed by atoms with Crippen molar-refractivity contribution in [1.82, 2.24) is 0 Å². The van der Waals surface area contributed by atoms with Gasteiger partial charge in [-0.2, -0.15) is 4.57 Å². The number of hydrogen-bond acceptors (Lipinski definition) is 0. The molecule has 4 aromatic heterocycles. The minimum absolute atomic E-state index is 0.0875. The molecule has 15 rings (SSSR count). The fraction of sp³-hybridized carbons (Fsp3) is 0.611. The van der Waals surface area contributed by atoms with E-state index in [9.17, 15) is 0 Å². The molecule has 4 heterocycles. The van der Waals surface area contributed by atoms with Gasteiger partial charge in [0.05, 0.1) is 5.41 Å². The monoisotopic (exact) mass is 1600 g/mol. The third-order valence-electron chi connectivity index (χ3n) is 35.1. The third-order valence-corrected chi connectivity index (χ3v) is 35.1. The molecule has 0 spiro atoms. The van der Waals surface area contributed by atoms with E-state index in [-0.39, 0.29) is 81.2 Å². The first-order chi connectivity index (χ1) is 54.6. The molecule has 4 heteroatoms. The van der Waals surface area contributed by atoms with Crippen LogP contribution in [0.5, 0.6) is 0 Å². The van der Waals surface area contributed by atoms with Crippen LogP contribution in [0, 0.1) is 76.4 Å². The fourth-order valence-electron chi connectivity index (χ4n) is 25.0. The highest BCUT2D eigenvalue weighted by molar-refractivity contribution is 5.74. The topological polar surface area (TPSA) is 15.5 Å². The number of rotatable bonds is 4. The summed E-state index contributed by atoms with van der Waals surface area (Å²) in [5.41, 5.74) is 31.2. The summed E-state index contributed by atoms with van der Waals surface area (Å²) in [7, 11) is 8.88. The quantitative estimate of drug-likeness (QED) is 0.156. The molecule has 6 unspecified atom stereocenters. The lowest BCUT2D eigenvalue weighted by Crippen LogP contribution is -2.56. The molecule has 0 amide bonds. The zero-order valence-corrected chi connectivity index (χ0v) is 86.0. The lowest BCUT2D eigenvalue weighted by atomic mass is 9.50. The van der Waals surface area contributed by atoms with Gasteiger partial charge in [-0.3, -0.25) is 0 Å². The van der Waals surface area contributed by atoms with E-state index in [4.69, 9.17) is 0 Å². The second-order valence-electron chi connectivity index (χ2n) is 38.3. The van der Waals surface area contributed by atoms with Gasteiger partial charge in [0.1, 0.15) is 28.2 Å². The van der Waals surface area contributed by atoms with Gasteiger partial charge in [0.25, 0.3) is 0 Å². The van der Waals surface area contributed by atoms with E-state index < -0.39 is 0 Å². The smallest absolute Gasteiger partial charge is 0.201 e. The molecule has 0 saturated heterocycles. The predicted molar refractivity (Wildman–Crippen MR) is 518 cm³/mol. The summed E-state index contributed by atoms with van der Waals surface area (Å²) in [6.07, 6.45) is 12.1. The minimum atomic E-state index is 0.0875. The third kappa shape index (κ3) is 14.2. The molecule has 6 atom stereocenters. The number of hydrogen-bond donors (Lipinski definition) is 0. The molecule has 7 aliphatic carbocycles. The van der Waals surface area contributed by atoms with Crippen LogP contribution in [0.1, 0.15) is 371 Å². The van der Waals surface area contributed by atoms with Crippen LogP contribution in [0.2, 0.25) is 0 Å². The van der Waals surface area contributed by atoms with Crippen LogP contribution in [-0.2, 0) is 73.5 Å². The highest BCUT2D eigenvalue weighted by Gasteiger charge is 2.85. The number of pyridine rings is 4. The van der Waals surface area contributed by atoms with Gasteiger partial charge < -0.3 is 0 Å². The average molecular weight is 1600 g/mol. The first-order valence-corrected chi connectivity index (χ1v) is 47.0. The molecule has 0 radical (unpaired) electrons. The normalized spacial score (nSPS) is 24.7. The van der Waals surface area contributed by atoms with Crippen molar-refractivity contribution >= 4 is 0 Å². The molecular formula is C113H182N4+4. The van der Waals surface area contributed by atoms with Crippen molar-refractivity contribution < 1.29 is 18.3 Å². The van der Waals surface area contributed by atoms with Gasteiger partial charge in [-0.25, -0.2) is 13.7 Å². The summed E-state index contributed by atoms with van der Waals surface area (Å²) < 4.78 is 9.51. The zero-order chi connectivity index (χ0) is 91.2. The molecule has 650 valence electrons. The van der Waals surface area contributed by atoms with Crippen molar-refractivity contribution in [2.24, 2.45) is 76.9 Å². The lowest BCUT2D eigenvalue weighted by molar-refractivity contribution is -0.673. The Morgan fingerprint density at radius 3 is 0.983 bits per heavy atom. The molecule has 7 aliphatic rings. The highest BCUT2D eigenvalue weighted by Crippen LogP contribution is 2.86. The van der Waals surface area contributed by atoms with Crippen LogP contribution in [0.3, 0.4) is 0 Å². The Morgan fingerprint density at radius 1 is 0.256 bits per heavy atom. The first kappa shape index (κ1) is 105. The Balaban J connectivity index is 0.000000381. The Kier molecular flexibility index (Phi) is 34.2. The Bertz CT molecular complexity index is 4560. The van der Waals surface area contributed by atoms with E-state index in [0.29, 0.717) is 0 Å². The maximum Gasteiger partial charge on any atom is 0.216 e. The van der Waals surface area contributed by atoms with Gasteiger partial charge >= 0.3 is 0 Å². The fourth-order valence-corrected chi connectivity index (χ4v) is 25.0. The number of aryl methyl sites for hydroxylation is 8. The Labute approximate surface area is 725 Å². The Hall–Kier alpha value is -6.52. The van der Waals surface area contributed by atoms with Crippen LogP contribution in [0.15, 0.2) is 146 Å². The summed E-state index contributed by atoms with van der Waals surface area (Å²) in [6.45, 7) is 105. The van der Waals surface area contributed by atoms with Gasteiger partial charge in [-0.05, 0) is 178 Å². The highest BCUT2D eigenvalue weighted by atomic mass is 15.0. The van der Waals surface area contributed by atoms with E-state index in [1.807, 2.05) is 125 Å². The first-order valence-electron chi connectivity index (χ1n) is 47.0. The van der Waals surface area contributed by atoms with Crippen molar-refractivity contribution in [2.45, 2.75) is 377 Å². The Morgan fingerprint density at radius 2 is 0.564 bits per heavy atom. The maximum atomic E-state index is 2.55. The average Bonchev–Trinajstić information content (AvgIpc) is 1.47. The van der Waals surface area contributed by atoms with Crippen LogP contribution in [0.25, 0.3) is 45.0 Å². The van der Waals surface area contributed by atoms with Crippen LogP contribution >= 0.6 is 0 Å². The van der Waals surface area contributed by atoms with Crippen molar-refractivity contribution in [3.8, 4) is 45.0 Å². The maximum absolute atomic E-state index is 2.55. The molecule has 8 aromatic rings. The molecule has 3 fully saturated rings. The number of fused-ring (bicyclic) bond motifs is 16. The molecule has 0 aliphatic heterocycles. The van der Waals surface area contributed by atoms with E-state index in [2.05, 4.69) is 386 Å². The summed E-state index contributed by atoms with van der Waals surface area (Å²) in [4.78, 5) is 0. The van der Waals surface area contributed by atoms with Gasteiger partial charge in [0.15, 0.2) is 24.3 Å². The van der Waals surface area contributed by atoms with Crippen LogP contribution in [-0.4, -0.2) is 0 Å². The second-order valence-corrected chi connectivity index (χ2v) is 38.3. The molecule has 4 nitrogen and oxygen atoms in total. The second kappa shape index (κ2) is 38.3. The molecule has 4 aromatic carbocycles. The van der Waals surface area contributed by atoms with Crippen molar-refractivity contribution in [3.05, 3.63) is 213 Å². The van der Waals surface area contributed by atoms with Crippen molar-refractivity contribution in [2.75, 3.05) is 0 Å². The van der Waals surface area contributed by atoms with E-state index >= 15 is 0 Å². The van der Waals surface area contributed by atoms with Gasteiger partial charge in [-0.15, -0.1) is 0 Å². The summed E-state index contributed by atoms with van der Waals surface area (Å²) in [6, 6.07) is 47.1. The lowest BCUT2D eigenvalue weighted by Gasteiger charge is -2.53. The molecule has 3 saturated carbocycles. The largest absolute Gasteiger partial charge is 0.216 e. The molecule has 6 bridgehead atoms. The van der Waals surface area contributed by atoms with Gasteiger partial charge in [0, 0.05) is 95.8 Å². The number of aromatic nitrogens is 4. The standard InChI is InChI=1S/3C26H36N.C17H20N.9C2H6/c1-17-13-11-12-14-18(17)21-15-19-20(16-27(21)10)26(9)23(4,5)22(2,3)25(19,8)24(26,6)7;1-17-13-11-12-14-18(17)21-20-19(15-16-27(21)10)25(8)22(2,3)23(4,5)26(20,9)24(25,6)7;1-17-13-11-12-14-18(17)20-16-15-19-21(27(20)10)26(9)23(4,5)22(2,3)25(19,8)24(26,6)7;1-13-7-3-5-9-15(13)17-16-10-6-4-8-14(16)11-12-18(17)2;9*1-2/h3*11-16H,1-10H3;3,5,7,9,11-12H,4,6,8,10H2,1-2H3;9*1-2H3/q4*+1;;;;;;;;;. The molecule has 117 heavy (non-hydrogen) atoms. The van der Waals surface area contributed by atoms with Crippen molar-refractivity contribution in [1.29, 1.82) is 0 Å². The van der Waals surface area contributed by atoms with E-state index in [1.54, 1.807) is 44.6 Å². The van der Waals surface area contributed by atoms with Crippen LogP contribution < -0.4 is 18.3 Å².